The third-order valence-electron chi connectivity index (χ3n) is 4.07. The quantitative estimate of drug-likeness (QED) is 0.877. The van der Waals surface area contributed by atoms with Crippen molar-refractivity contribution in [2.24, 2.45) is 0 Å². The number of carboxylic acids is 1. The van der Waals surface area contributed by atoms with Crippen molar-refractivity contribution in [2.45, 2.75) is 19.0 Å². The van der Waals surface area contributed by atoms with Gasteiger partial charge in [-0.15, -0.1) is 0 Å². The summed E-state index contributed by atoms with van der Waals surface area (Å²) in [6.45, 7) is 1.45. The van der Waals surface area contributed by atoms with E-state index in [0.29, 0.717) is 30.3 Å². The second kappa shape index (κ2) is 7.67. The van der Waals surface area contributed by atoms with Gasteiger partial charge in [0.05, 0.1) is 44.0 Å². The molecule has 1 amide bonds. The van der Waals surface area contributed by atoms with Crippen LogP contribution in [0.4, 0.5) is 0 Å². The first-order valence-electron chi connectivity index (χ1n) is 7.91. The van der Waals surface area contributed by atoms with E-state index in [9.17, 15) is 9.59 Å². The Labute approximate surface area is 149 Å². The van der Waals surface area contributed by atoms with Crippen molar-refractivity contribution in [2.75, 3.05) is 19.8 Å². The number of morpholine rings is 1. The van der Waals surface area contributed by atoms with Gasteiger partial charge in [0, 0.05) is 17.8 Å². The molecular formula is C17H18ClN3O4. The lowest BCUT2D eigenvalue weighted by Crippen LogP contribution is -2.49. The van der Waals surface area contributed by atoms with Crippen LogP contribution in [0.1, 0.15) is 22.3 Å². The molecule has 3 rings (SSSR count). The van der Waals surface area contributed by atoms with Gasteiger partial charge in [-0.3, -0.25) is 14.3 Å². The van der Waals surface area contributed by atoms with Gasteiger partial charge in [-0.05, 0) is 11.6 Å². The molecule has 0 radical (unpaired) electrons. The first kappa shape index (κ1) is 17.4. The Morgan fingerprint density at radius 1 is 1.36 bits per heavy atom. The zero-order chi connectivity index (χ0) is 17.8. The molecule has 1 atom stereocenters. The van der Waals surface area contributed by atoms with Gasteiger partial charge >= 0.3 is 5.97 Å². The van der Waals surface area contributed by atoms with Crippen LogP contribution in [-0.4, -0.2) is 57.5 Å². The number of aliphatic carboxylic acids is 1. The van der Waals surface area contributed by atoms with Gasteiger partial charge in [0.25, 0.3) is 5.91 Å². The molecule has 2 aromatic rings. The summed E-state index contributed by atoms with van der Waals surface area (Å²) in [5, 5.41) is 13.9. The molecule has 0 spiro atoms. The van der Waals surface area contributed by atoms with E-state index < -0.39 is 12.0 Å². The van der Waals surface area contributed by atoms with Crippen molar-refractivity contribution in [3.63, 3.8) is 0 Å². The second-order valence-electron chi connectivity index (χ2n) is 5.84. The van der Waals surface area contributed by atoms with E-state index in [-0.39, 0.29) is 18.9 Å². The fourth-order valence-corrected chi connectivity index (χ4v) is 3.02. The number of hydrogen-bond acceptors (Lipinski definition) is 4. The van der Waals surface area contributed by atoms with Crippen molar-refractivity contribution in [1.29, 1.82) is 0 Å². The molecule has 8 heteroatoms. The summed E-state index contributed by atoms with van der Waals surface area (Å²) in [6.07, 6.45) is 3.00. The highest BCUT2D eigenvalue weighted by molar-refractivity contribution is 6.31. The van der Waals surface area contributed by atoms with Gasteiger partial charge in [-0.1, -0.05) is 29.8 Å². The molecule has 7 nitrogen and oxygen atoms in total. The molecule has 0 aliphatic carbocycles. The van der Waals surface area contributed by atoms with Crippen LogP contribution in [0.25, 0.3) is 0 Å². The number of nitrogens with zero attached hydrogens (tertiary/aromatic N) is 3. The van der Waals surface area contributed by atoms with E-state index in [0.717, 1.165) is 5.56 Å². The summed E-state index contributed by atoms with van der Waals surface area (Å²) in [4.78, 5) is 25.3. The molecule has 1 aliphatic heterocycles. The standard InChI is InChI=1S/C17H18ClN3O4/c18-15-4-2-1-3-12(15)9-20-10-13(8-19-20)17(24)21-5-6-25-11-14(21)7-16(22)23/h1-4,8,10,14H,5-7,9,11H2,(H,22,23). The molecule has 2 heterocycles. The lowest BCUT2D eigenvalue weighted by molar-refractivity contribution is -0.139. The maximum atomic E-state index is 12.7. The minimum Gasteiger partial charge on any atom is -0.481 e. The van der Waals surface area contributed by atoms with Crippen molar-refractivity contribution < 1.29 is 19.4 Å². The third kappa shape index (κ3) is 4.18. The molecule has 1 aromatic heterocycles. The minimum absolute atomic E-state index is 0.139. The van der Waals surface area contributed by atoms with E-state index in [4.69, 9.17) is 21.4 Å². The highest BCUT2D eigenvalue weighted by Gasteiger charge is 2.30. The van der Waals surface area contributed by atoms with Gasteiger partial charge < -0.3 is 14.7 Å². The Balaban J connectivity index is 1.73. The second-order valence-corrected chi connectivity index (χ2v) is 6.25. The summed E-state index contributed by atoms with van der Waals surface area (Å²) in [7, 11) is 0. The van der Waals surface area contributed by atoms with Gasteiger partial charge in [0.15, 0.2) is 0 Å². The average molecular weight is 364 g/mol. The average Bonchev–Trinajstić information content (AvgIpc) is 3.05. The van der Waals surface area contributed by atoms with Gasteiger partial charge in [0.2, 0.25) is 0 Å². The number of halogens is 1. The summed E-state index contributed by atoms with van der Waals surface area (Å²) < 4.78 is 6.94. The molecular weight excluding hydrogens is 346 g/mol. The van der Waals surface area contributed by atoms with Crippen LogP contribution in [0.2, 0.25) is 5.02 Å². The Morgan fingerprint density at radius 3 is 2.92 bits per heavy atom. The first-order valence-corrected chi connectivity index (χ1v) is 8.29. The van der Waals surface area contributed by atoms with Crippen LogP contribution < -0.4 is 0 Å². The van der Waals surface area contributed by atoms with Crippen LogP contribution in [-0.2, 0) is 16.1 Å². The highest BCUT2D eigenvalue weighted by atomic mass is 35.5. The normalized spacial score (nSPS) is 17.5. The zero-order valence-corrected chi connectivity index (χ0v) is 14.2. The van der Waals surface area contributed by atoms with Crippen LogP contribution in [0, 0.1) is 0 Å². The molecule has 132 valence electrons. The van der Waals surface area contributed by atoms with E-state index in [2.05, 4.69) is 5.10 Å². The molecule has 1 unspecified atom stereocenters. The Morgan fingerprint density at radius 2 is 2.16 bits per heavy atom. The monoisotopic (exact) mass is 363 g/mol. The number of benzene rings is 1. The lowest BCUT2D eigenvalue weighted by atomic mass is 10.1. The molecule has 25 heavy (non-hydrogen) atoms. The Bertz CT molecular complexity index is 777. The number of hydrogen-bond donors (Lipinski definition) is 1. The summed E-state index contributed by atoms with van der Waals surface area (Å²) >= 11 is 6.15. The zero-order valence-electron chi connectivity index (χ0n) is 13.5. The van der Waals surface area contributed by atoms with Crippen molar-refractivity contribution in [3.8, 4) is 0 Å². The van der Waals surface area contributed by atoms with E-state index in [1.54, 1.807) is 21.8 Å². The summed E-state index contributed by atoms with van der Waals surface area (Å²) in [5.41, 5.74) is 1.32. The highest BCUT2D eigenvalue weighted by Crippen LogP contribution is 2.18. The van der Waals surface area contributed by atoms with Crippen LogP contribution in [0.15, 0.2) is 36.7 Å². The molecule has 0 bridgehead atoms. The van der Waals surface area contributed by atoms with Crippen molar-refractivity contribution >= 4 is 23.5 Å². The van der Waals surface area contributed by atoms with Crippen molar-refractivity contribution in [1.82, 2.24) is 14.7 Å². The maximum Gasteiger partial charge on any atom is 0.305 e. The van der Waals surface area contributed by atoms with E-state index >= 15 is 0 Å². The largest absolute Gasteiger partial charge is 0.481 e. The summed E-state index contributed by atoms with van der Waals surface area (Å²) in [5.74, 6) is -1.19. The number of ether oxygens (including phenoxy) is 1. The predicted molar refractivity (Wildman–Crippen MR) is 90.7 cm³/mol. The number of carbonyl (C=O) groups is 2. The van der Waals surface area contributed by atoms with E-state index in [1.165, 1.54) is 6.20 Å². The SMILES string of the molecule is O=C(O)CC1COCCN1C(=O)c1cnn(Cc2ccccc2Cl)c1. The number of amides is 1. The fourth-order valence-electron chi connectivity index (χ4n) is 2.82. The molecule has 1 aliphatic rings. The number of rotatable bonds is 5. The topological polar surface area (TPSA) is 84.7 Å². The molecule has 1 aromatic carbocycles. The molecule has 1 N–H and O–H groups in total. The molecule has 1 saturated heterocycles. The Kier molecular flexibility index (Phi) is 5.35. The Hall–Kier alpha value is -2.38. The number of aromatic nitrogens is 2. The summed E-state index contributed by atoms with van der Waals surface area (Å²) in [6, 6.07) is 6.98. The van der Waals surface area contributed by atoms with Gasteiger partial charge in [-0.25, -0.2) is 0 Å². The smallest absolute Gasteiger partial charge is 0.305 e. The van der Waals surface area contributed by atoms with Crippen molar-refractivity contribution in [3.05, 3.63) is 52.8 Å². The third-order valence-corrected chi connectivity index (χ3v) is 4.44. The fraction of sp³-hybridized carbons (Fsp3) is 0.353. The van der Waals surface area contributed by atoms with Gasteiger partial charge in [-0.2, -0.15) is 5.10 Å². The first-order chi connectivity index (χ1) is 12.0. The predicted octanol–water partition coefficient (Wildman–Crippen LogP) is 1.90. The van der Waals surface area contributed by atoms with Crippen LogP contribution >= 0.6 is 11.6 Å². The number of carbonyl (C=O) groups excluding carboxylic acids is 1. The van der Waals surface area contributed by atoms with Crippen LogP contribution in [0.5, 0.6) is 0 Å². The van der Waals surface area contributed by atoms with E-state index in [1.807, 2.05) is 18.2 Å². The minimum atomic E-state index is -0.956. The number of carboxylic acid groups (broad SMARTS) is 1. The van der Waals surface area contributed by atoms with Gasteiger partial charge in [0.1, 0.15) is 0 Å². The lowest BCUT2D eigenvalue weighted by Gasteiger charge is -2.34. The maximum absolute atomic E-state index is 12.7. The van der Waals surface area contributed by atoms with Crippen LogP contribution in [0.3, 0.4) is 0 Å². The molecule has 0 saturated carbocycles. The molecule has 1 fully saturated rings.